The van der Waals surface area contributed by atoms with Crippen LogP contribution in [0.3, 0.4) is 0 Å². The summed E-state index contributed by atoms with van der Waals surface area (Å²) >= 11 is 0. The number of carbonyl (C=O) groups is 1. The van der Waals surface area contributed by atoms with Crippen molar-refractivity contribution in [1.29, 1.82) is 5.41 Å². The Labute approximate surface area is 69.6 Å². The van der Waals surface area contributed by atoms with Gasteiger partial charge in [-0.15, -0.1) is 0 Å². The first-order valence-corrected chi connectivity index (χ1v) is 3.93. The van der Waals surface area contributed by atoms with Crippen molar-refractivity contribution in [2.45, 2.75) is 0 Å². The molecule has 0 bridgehead atoms. The topological polar surface area (TPSA) is 120 Å². The van der Waals surface area contributed by atoms with Crippen LogP contribution in [0.2, 0.25) is 0 Å². The minimum Gasteiger partial charge on any atom is -0.558 e. The number of carbonyl (C=O) groups excluding carboxylic acids is 1. The van der Waals surface area contributed by atoms with Crippen LogP contribution < -0.4 is 10.6 Å². The van der Waals surface area contributed by atoms with Crippen LogP contribution in [0.15, 0.2) is 0 Å². The van der Waals surface area contributed by atoms with E-state index in [0.29, 0.717) is 0 Å². The van der Waals surface area contributed by atoms with Crippen LogP contribution >= 0.6 is 8.25 Å². The van der Waals surface area contributed by atoms with Gasteiger partial charge in [-0.05, 0) is 4.57 Å². The predicted octanol–water partition coefficient (Wildman–Crippen LogP) is -1.63. The van der Waals surface area contributed by atoms with Crippen LogP contribution in [-0.2, 0) is 13.9 Å². The third-order valence-corrected chi connectivity index (χ3v) is 1.31. The van der Waals surface area contributed by atoms with Gasteiger partial charge < -0.3 is 15.5 Å². The Morgan fingerprint density at radius 3 is 2.67 bits per heavy atom. The van der Waals surface area contributed by atoms with Gasteiger partial charge in [0.05, 0.1) is 0 Å². The van der Waals surface area contributed by atoms with Gasteiger partial charge in [0.15, 0.2) is 5.96 Å². The van der Waals surface area contributed by atoms with Gasteiger partial charge >= 0.3 is 14.2 Å². The first-order chi connectivity index (χ1) is 5.43. The minimum atomic E-state index is -3.18. The van der Waals surface area contributed by atoms with Gasteiger partial charge in [-0.1, -0.05) is 0 Å². The summed E-state index contributed by atoms with van der Waals surface area (Å²) in [5.74, 6) is -1.31. The lowest BCUT2D eigenvalue weighted by atomic mass is 10.6. The van der Waals surface area contributed by atoms with Crippen molar-refractivity contribution in [2.24, 2.45) is 5.73 Å². The smallest absolute Gasteiger partial charge is 0.542 e. The Kier molecular flexibility index (Phi) is 4.17. The molecule has 0 aliphatic heterocycles. The van der Waals surface area contributed by atoms with Crippen molar-refractivity contribution in [3.8, 4) is 0 Å². The number of nitrogens with zero attached hydrogens (tertiary/aromatic N) is 1. The molecule has 0 saturated heterocycles. The lowest BCUT2D eigenvalue weighted by Crippen LogP contribution is -2.37. The highest BCUT2D eigenvalue weighted by Gasteiger charge is 2.15. The molecular formula is C4H8N3O4P. The first kappa shape index (κ1) is 10.8. The molecule has 0 rings (SSSR count). The molecule has 0 spiro atoms. The molecule has 1 atom stereocenters. The molecule has 0 aliphatic carbocycles. The van der Waals surface area contributed by atoms with Gasteiger partial charge in [-0.2, -0.15) is 0 Å². The molecule has 0 fully saturated rings. The fraction of sp³-hybridized carbons (Fsp3) is 0.500. The maximum Gasteiger partial charge on any atom is 0.542 e. The van der Waals surface area contributed by atoms with Gasteiger partial charge in [0.2, 0.25) is 0 Å². The second-order valence-corrected chi connectivity index (χ2v) is 2.56. The summed E-state index contributed by atoms with van der Waals surface area (Å²) < 4.78 is 13.6. The number of hydrogen-bond acceptors (Lipinski definition) is 5. The highest BCUT2D eigenvalue weighted by atomic mass is 31.1. The van der Waals surface area contributed by atoms with E-state index < -0.39 is 14.2 Å². The van der Waals surface area contributed by atoms with E-state index in [0.717, 1.165) is 4.90 Å². The first-order valence-electron chi connectivity index (χ1n) is 2.84. The molecule has 0 aliphatic rings. The summed E-state index contributed by atoms with van der Waals surface area (Å²) in [6.45, 7) is -0.362. The molecule has 0 aromatic rings. The third-order valence-electron chi connectivity index (χ3n) is 0.954. The quantitative estimate of drug-likeness (QED) is 0.315. The average Bonchev–Trinajstić information content (AvgIpc) is 1.84. The summed E-state index contributed by atoms with van der Waals surface area (Å²) in [4.78, 5) is 21.5. The van der Waals surface area contributed by atoms with Gasteiger partial charge in [-0.25, -0.2) is 9.32 Å². The zero-order valence-corrected chi connectivity index (χ0v) is 7.21. The number of likely N-dealkylation sites (N-methyl/N-ethyl adjacent to an activating group) is 1. The summed E-state index contributed by atoms with van der Waals surface area (Å²) in [5.41, 5.74) is 4.97. The summed E-state index contributed by atoms with van der Waals surface area (Å²) in [5, 5.41) is 6.82. The number of guanidine groups is 1. The molecule has 0 radical (unpaired) electrons. The normalized spacial score (nSPS) is 10.3. The molecule has 7 nitrogen and oxygen atoms in total. The highest BCUT2D eigenvalue weighted by Crippen LogP contribution is 2.08. The summed E-state index contributed by atoms with van der Waals surface area (Å²) in [6.07, 6.45) is 0. The molecular weight excluding hydrogens is 185 g/mol. The number of nitrogens with two attached hydrogens (primary N) is 1. The predicted molar refractivity (Wildman–Crippen MR) is 38.2 cm³/mol. The van der Waals surface area contributed by atoms with Crippen LogP contribution in [0.4, 0.5) is 0 Å². The monoisotopic (exact) mass is 193 g/mol. The molecule has 0 heterocycles. The second kappa shape index (κ2) is 4.63. The van der Waals surface area contributed by atoms with Crippen molar-refractivity contribution < 1.29 is 18.8 Å². The average molecular weight is 193 g/mol. The van der Waals surface area contributed by atoms with Gasteiger partial charge in [0.1, 0.15) is 6.54 Å². The van der Waals surface area contributed by atoms with Crippen molar-refractivity contribution in [3.63, 3.8) is 0 Å². The third kappa shape index (κ3) is 4.59. The van der Waals surface area contributed by atoms with Gasteiger partial charge in [0, 0.05) is 7.05 Å². The zero-order chi connectivity index (χ0) is 9.72. The lowest BCUT2D eigenvalue weighted by molar-refractivity contribution is -0.188. The Balaban J connectivity index is 3.85. The Hall–Kier alpha value is -1.20. The maximum absolute atomic E-state index is 10.6. The number of rotatable bonds is 3. The summed E-state index contributed by atoms with van der Waals surface area (Å²) in [7, 11) is -1.81. The number of hydrogen-bond donors (Lipinski definition) is 2. The largest absolute Gasteiger partial charge is 0.558 e. The van der Waals surface area contributed by atoms with Crippen molar-refractivity contribution >= 4 is 20.2 Å². The molecule has 0 amide bonds. The zero-order valence-electron chi connectivity index (χ0n) is 6.31. The van der Waals surface area contributed by atoms with E-state index in [2.05, 4.69) is 4.52 Å². The Bertz CT molecular complexity index is 218. The fourth-order valence-corrected chi connectivity index (χ4v) is 0.615. The Morgan fingerprint density at radius 1 is 1.83 bits per heavy atom. The van der Waals surface area contributed by atoms with Crippen molar-refractivity contribution in [1.82, 2.24) is 4.90 Å². The fourth-order valence-electron chi connectivity index (χ4n) is 0.391. The molecule has 0 aromatic heterocycles. The SMILES string of the molecule is CN(CC(=O)O[P+](=O)[O-])C(=N)N. The minimum absolute atomic E-state index is 0.340. The van der Waals surface area contributed by atoms with Crippen molar-refractivity contribution in [3.05, 3.63) is 0 Å². The molecule has 0 aromatic carbocycles. The van der Waals surface area contributed by atoms with Crippen LogP contribution in [0.1, 0.15) is 0 Å². The van der Waals surface area contributed by atoms with E-state index >= 15 is 0 Å². The molecule has 1 unspecified atom stereocenters. The van der Waals surface area contributed by atoms with Crippen LogP contribution in [-0.4, -0.2) is 30.4 Å². The van der Waals surface area contributed by atoms with Crippen molar-refractivity contribution in [2.75, 3.05) is 13.6 Å². The van der Waals surface area contributed by atoms with Gasteiger partial charge in [0.25, 0.3) is 0 Å². The van der Waals surface area contributed by atoms with Crippen LogP contribution in [0.5, 0.6) is 0 Å². The highest BCUT2D eigenvalue weighted by molar-refractivity contribution is 7.31. The molecule has 12 heavy (non-hydrogen) atoms. The van der Waals surface area contributed by atoms with Crippen LogP contribution in [0, 0.1) is 5.41 Å². The second-order valence-electron chi connectivity index (χ2n) is 1.93. The molecule has 3 N–H and O–H groups in total. The van der Waals surface area contributed by atoms with E-state index in [-0.39, 0.29) is 12.5 Å². The Morgan fingerprint density at radius 2 is 2.33 bits per heavy atom. The maximum atomic E-state index is 10.6. The number of nitrogens with one attached hydrogen (secondary N) is 1. The van der Waals surface area contributed by atoms with E-state index in [1.807, 2.05) is 0 Å². The van der Waals surface area contributed by atoms with Gasteiger partial charge in [-0.3, -0.25) is 5.41 Å². The van der Waals surface area contributed by atoms with E-state index in [1.165, 1.54) is 7.05 Å². The summed E-state index contributed by atoms with van der Waals surface area (Å²) in [6, 6.07) is 0. The van der Waals surface area contributed by atoms with E-state index in [9.17, 15) is 14.3 Å². The lowest BCUT2D eigenvalue weighted by Gasteiger charge is -2.12. The van der Waals surface area contributed by atoms with E-state index in [4.69, 9.17) is 11.1 Å². The molecule has 8 heteroatoms. The standard InChI is InChI=1S/C4H8N3O4P/c1-7(4(5)6)2-3(8)11-12(9)10/h2H2,1H3,(H3,5,6). The molecule has 0 saturated carbocycles. The molecule has 68 valence electrons. The van der Waals surface area contributed by atoms with Crippen LogP contribution in [0.25, 0.3) is 0 Å². The van der Waals surface area contributed by atoms with E-state index in [1.54, 1.807) is 0 Å².